The van der Waals surface area contributed by atoms with E-state index in [1.807, 2.05) is 0 Å². The molecule has 0 saturated heterocycles. The molecule has 1 aromatic carbocycles. The van der Waals surface area contributed by atoms with Gasteiger partial charge >= 0.3 is 0 Å². The molecule has 14 heteroatoms. The molecule has 2 saturated carbocycles. The molecule has 4 bridgehead atoms. The van der Waals surface area contributed by atoms with Crippen molar-refractivity contribution in [1.82, 2.24) is 0 Å². The molecule has 0 radical (unpaired) electrons. The zero-order chi connectivity index (χ0) is 25.2. The highest BCUT2D eigenvalue weighted by Gasteiger charge is 2.91. The van der Waals surface area contributed by atoms with Gasteiger partial charge in [-0.2, -0.15) is 0 Å². The SMILES string of the molecule is ONc1ccc2c(c1)C1C(C3C2C2(Cl)C(Cl)=C(Cl)C3(Cl)C2(Cl)Cl)C2(Cl)C(Cl)=C(Cl)C1(Cl)C2(Cl)Cl. The third-order valence-electron chi connectivity index (χ3n) is 8.26. The van der Waals surface area contributed by atoms with Crippen LogP contribution in [0.2, 0.25) is 0 Å². The van der Waals surface area contributed by atoms with Gasteiger partial charge < -0.3 is 0 Å². The quantitative estimate of drug-likeness (QED) is 0.226. The van der Waals surface area contributed by atoms with Gasteiger partial charge in [0.15, 0.2) is 8.67 Å². The van der Waals surface area contributed by atoms with E-state index in [9.17, 15) is 5.21 Å². The van der Waals surface area contributed by atoms with E-state index in [4.69, 9.17) is 139 Å². The summed E-state index contributed by atoms with van der Waals surface area (Å²) in [5.74, 6) is -3.01. The predicted octanol–water partition coefficient (Wildman–Crippen LogP) is 9.59. The van der Waals surface area contributed by atoms with Crippen LogP contribution in [0.15, 0.2) is 38.3 Å². The minimum Gasteiger partial charge on any atom is -0.291 e. The van der Waals surface area contributed by atoms with Crippen LogP contribution in [0.1, 0.15) is 23.0 Å². The van der Waals surface area contributed by atoms with Crippen molar-refractivity contribution in [3.05, 3.63) is 49.5 Å². The molecule has 5 aliphatic carbocycles. The molecule has 0 spiro atoms. The van der Waals surface area contributed by atoms with Crippen LogP contribution in [0.4, 0.5) is 5.69 Å². The van der Waals surface area contributed by atoms with E-state index >= 15 is 0 Å². The fourth-order valence-corrected chi connectivity index (χ4v) is 13.0. The molecule has 0 amide bonds. The highest BCUT2D eigenvalue weighted by Crippen LogP contribution is 2.88. The topological polar surface area (TPSA) is 32.3 Å². The first-order chi connectivity index (χ1) is 15.5. The van der Waals surface area contributed by atoms with Crippen molar-refractivity contribution in [2.75, 3.05) is 5.48 Å². The summed E-state index contributed by atoms with van der Waals surface area (Å²) in [6.07, 6.45) is 0. The summed E-state index contributed by atoms with van der Waals surface area (Å²) in [5, 5.41) is 9.65. The number of anilines is 1. The first-order valence-corrected chi connectivity index (χ1v) is 14.2. The van der Waals surface area contributed by atoms with Crippen molar-refractivity contribution in [3.8, 4) is 0 Å². The van der Waals surface area contributed by atoms with Gasteiger partial charge in [-0.3, -0.25) is 10.7 Å². The Morgan fingerprint density at radius 3 is 1.38 bits per heavy atom. The van der Waals surface area contributed by atoms with Crippen LogP contribution in [0.25, 0.3) is 0 Å². The van der Waals surface area contributed by atoms with Crippen LogP contribution in [-0.4, -0.2) is 33.4 Å². The Morgan fingerprint density at radius 2 is 0.971 bits per heavy atom. The van der Waals surface area contributed by atoms with Crippen LogP contribution < -0.4 is 5.48 Å². The maximum absolute atomic E-state index is 9.61. The molecular weight excluding hydrogens is 696 g/mol. The van der Waals surface area contributed by atoms with Gasteiger partial charge in [-0.15, -0.1) is 46.4 Å². The fraction of sp³-hybridized carbons (Fsp3) is 0.500. The average Bonchev–Trinajstić information content (AvgIpc) is 3.13. The maximum Gasteiger partial charge on any atom is 0.167 e. The Balaban J connectivity index is 1.78. The minimum absolute atomic E-state index is 0.000495. The van der Waals surface area contributed by atoms with Crippen molar-refractivity contribution < 1.29 is 5.21 Å². The molecule has 184 valence electrons. The molecule has 0 heterocycles. The van der Waals surface area contributed by atoms with Crippen LogP contribution in [-0.2, 0) is 0 Å². The largest absolute Gasteiger partial charge is 0.291 e. The number of allylic oxidation sites excluding steroid dienone is 4. The first kappa shape index (κ1) is 26.2. The van der Waals surface area contributed by atoms with Crippen molar-refractivity contribution in [1.29, 1.82) is 0 Å². The number of nitrogens with one attached hydrogen (secondary N) is 1. The lowest BCUT2D eigenvalue weighted by Crippen LogP contribution is -2.53. The van der Waals surface area contributed by atoms with E-state index in [1.54, 1.807) is 18.2 Å². The number of alkyl halides is 8. The Labute approximate surface area is 254 Å². The first-order valence-electron chi connectivity index (χ1n) is 9.71. The molecule has 2 N–H and O–H groups in total. The van der Waals surface area contributed by atoms with Crippen LogP contribution in [0.3, 0.4) is 0 Å². The monoisotopic (exact) mass is 699 g/mol. The predicted molar refractivity (Wildman–Crippen MR) is 145 cm³/mol. The van der Waals surface area contributed by atoms with Gasteiger partial charge in [0.05, 0.1) is 25.8 Å². The third kappa shape index (κ3) is 2.22. The molecule has 2 nitrogen and oxygen atoms in total. The van der Waals surface area contributed by atoms with Crippen molar-refractivity contribution >= 4 is 145 Å². The Morgan fingerprint density at radius 1 is 0.588 bits per heavy atom. The Kier molecular flexibility index (Phi) is 5.52. The summed E-state index contributed by atoms with van der Waals surface area (Å²) in [5.41, 5.74) is 3.75. The highest BCUT2D eigenvalue weighted by atomic mass is 35.5. The second-order valence-electron chi connectivity index (χ2n) is 9.21. The second-order valence-corrected chi connectivity index (χ2v) is 15.8. The van der Waals surface area contributed by atoms with Crippen LogP contribution in [0, 0.1) is 11.8 Å². The lowest BCUT2D eigenvalue weighted by atomic mass is 9.57. The Hall–Kier alpha value is 1.94. The number of fused-ring (bicyclic) bond motifs is 14. The van der Waals surface area contributed by atoms with E-state index in [-0.39, 0.29) is 20.1 Å². The molecular formula is C20H9Cl12NO. The molecule has 0 aliphatic heterocycles. The summed E-state index contributed by atoms with van der Waals surface area (Å²) in [7, 11) is 0. The summed E-state index contributed by atoms with van der Waals surface area (Å²) in [4.78, 5) is -6.70. The Bertz CT molecular complexity index is 1260. The minimum atomic E-state index is -1.89. The van der Waals surface area contributed by atoms with E-state index in [0.29, 0.717) is 16.8 Å². The number of hydrogen-bond acceptors (Lipinski definition) is 2. The van der Waals surface area contributed by atoms with Crippen LogP contribution >= 0.6 is 139 Å². The molecule has 6 rings (SSSR count). The van der Waals surface area contributed by atoms with Gasteiger partial charge in [0.2, 0.25) is 0 Å². The summed E-state index contributed by atoms with van der Waals surface area (Å²) in [6, 6.07) is 5.05. The average molecular weight is 705 g/mol. The standard InChI is InChI=1S/C20H9Cl12NO/c21-11-13(23)17(27)9-7(15(11,25)19(17,29)30)5-2-1-4(33-34)3-6(5)8-10(9)18(28)14(24)12(22)16(8,26)20(18,31)32/h1-3,7-10,33-34H. The van der Waals surface area contributed by atoms with Gasteiger partial charge in [-0.25, -0.2) is 0 Å². The zero-order valence-corrected chi connectivity index (χ0v) is 25.1. The fourth-order valence-electron chi connectivity index (χ4n) is 6.97. The van der Waals surface area contributed by atoms with Crippen molar-refractivity contribution in [2.45, 2.75) is 40.0 Å². The van der Waals surface area contributed by atoms with E-state index in [1.165, 1.54) is 0 Å². The normalized spacial score (nSPS) is 48.9. The van der Waals surface area contributed by atoms with Crippen molar-refractivity contribution in [3.63, 3.8) is 0 Å². The summed E-state index contributed by atoms with van der Waals surface area (Å²) >= 11 is 83.4. The van der Waals surface area contributed by atoms with Gasteiger partial charge in [0, 0.05) is 23.7 Å². The number of hydrogen-bond donors (Lipinski definition) is 2. The molecule has 34 heavy (non-hydrogen) atoms. The lowest BCUT2D eigenvalue weighted by Gasteiger charge is -2.52. The maximum atomic E-state index is 9.61. The smallest absolute Gasteiger partial charge is 0.167 e. The van der Waals surface area contributed by atoms with E-state index < -0.39 is 51.8 Å². The van der Waals surface area contributed by atoms with Crippen LogP contribution in [0.5, 0.6) is 0 Å². The van der Waals surface area contributed by atoms with E-state index in [0.717, 1.165) is 0 Å². The molecule has 1 aromatic rings. The summed E-state index contributed by atoms with van der Waals surface area (Å²) in [6.45, 7) is 0. The highest BCUT2D eigenvalue weighted by molar-refractivity contribution is 6.67. The number of halogens is 12. The third-order valence-corrected chi connectivity index (χ3v) is 16.8. The molecule has 0 aromatic heterocycles. The summed E-state index contributed by atoms with van der Waals surface area (Å²) < 4.78 is -3.76. The van der Waals surface area contributed by atoms with Gasteiger partial charge in [-0.05, 0) is 23.3 Å². The molecule has 8 atom stereocenters. The zero-order valence-electron chi connectivity index (χ0n) is 16.0. The lowest BCUT2D eigenvalue weighted by molar-refractivity contribution is 0.201. The second kappa shape index (κ2) is 7.17. The van der Waals surface area contributed by atoms with E-state index in [2.05, 4.69) is 5.48 Å². The number of benzene rings is 1. The number of rotatable bonds is 1. The van der Waals surface area contributed by atoms with Gasteiger partial charge in [0.1, 0.15) is 19.5 Å². The van der Waals surface area contributed by atoms with Gasteiger partial charge in [0.25, 0.3) is 0 Å². The molecule has 5 aliphatic rings. The van der Waals surface area contributed by atoms with Gasteiger partial charge in [-0.1, -0.05) is 98.9 Å². The molecule has 2 fully saturated rings. The van der Waals surface area contributed by atoms with Crippen molar-refractivity contribution in [2.24, 2.45) is 11.8 Å². The molecule has 8 unspecified atom stereocenters.